The lowest BCUT2D eigenvalue weighted by atomic mass is 10.1. The molecule has 0 aliphatic rings. The van der Waals surface area contributed by atoms with Gasteiger partial charge in [-0.25, -0.2) is 9.50 Å². The highest BCUT2D eigenvalue weighted by Crippen LogP contribution is 2.26. The second kappa shape index (κ2) is 6.91. The largest absolute Gasteiger partial charge is 0.343 e. The average Bonchev–Trinajstić information content (AvgIpc) is 3.16. The summed E-state index contributed by atoms with van der Waals surface area (Å²) >= 11 is 8.01. The van der Waals surface area contributed by atoms with Gasteiger partial charge in [-0.3, -0.25) is 4.79 Å². The van der Waals surface area contributed by atoms with Gasteiger partial charge in [-0.15, -0.1) is 11.3 Å². The fraction of sp³-hybridized carbons (Fsp3) is 0.353. The summed E-state index contributed by atoms with van der Waals surface area (Å²) in [5.41, 5.74) is 2.47. The van der Waals surface area contributed by atoms with Crippen LogP contribution in [0.3, 0.4) is 0 Å². The van der Waals surface area contributed by atoms with Gasteiger partial charge in [0.1, 0.15) is 5.02 Å². The minimum atomic E-state index is -0.269. The van der Waals surface area contributed by atoms with Crippen LogP contribution in [0, 0.1) is 13.8 Å². The molecule has 5 nitrogen and oxygen atoms in total. The van der Waals surface area contributed by atoms with Crippen LogP contribution in [-0.2, 0) is 0 Å². The maximum Gasteiger partial charge on any atom is 0.273 e. The van der Waals surface area contributed by atoms with Gasteiger partial charge < -0.3 is 5.32 Å². The van der Waals surface area contributed by atoms with E-state index in [1.165, 1.54) is 0 Å². The summed E-state index contributed by atoms with van der Waals surface area (Å²) in [4.78, 5) is 18.2. The number of aryl methyl sites for hydroxylation is 2. The summed E-state index contributed by atoms with van der Waals surface area (Å²) in [6.45, 7) is 5.91. The third-order valence-electron chi connectivity index (χ3n) is 3.82. The quantitative estimate of drug-likeness (QED) is 0.734. The maximum atomic E-state index is 12.7. The molecule has 0 fully saturated rings. The van der Waals surface area contributed by atoms with Gasteiger partial charge in [0, 0.05) is 16.3 Å². The predicted molar refractivity (Wildman–Crippen MR) is 96.9 cm³/mol. The summed E-state index contributed by atoms with van der Waals surface area (Å²) < 4.78 is 1.62. The van der Waals surface area contributed by atoms with Crippen molar-refractivity contribution in [1.29, 1.82) is 0 Å². The maximum absolute atomic E-state index is 12.7. The average molecular weight is 363 g/mol. The fourth-order valence-corrected chi connectivity index (χ4v) is 3.79. The first kappa shape index (κ1) is 16.9. The van der Waals surface area contributed by atoms with Gasteiger partial charge in [0.05, 0.1) is 6.04 Å². The Hall–Kier alpha value is -1.92. The van der Waals surface area contributed by atoms with E-state index in [4.69, 9.17) is 11.6 Å². The summed E-state index contributed by atoms with van der Waals surface area (Å²) in [6.07, 6.45) is 1.84. The molecular formula is C17H19ClN4OS. The third-order valence-corrected chi connectivity index (χ3v) is 5.16. The minimum Gasteiger partial charge on any atom is -0.343 e. The highest BCUT2D eigenvalue weighted by atomic mass is 35.5. The highest BCUT2D eigenvalue weighted by molar-refractivity contribution is 7.10. The Kier molecular flexibility index (Phi) is 4.87. The van der Waals surface area contributed by atoms with Crippen LogP contribution in [-0.4, -0.2) is 20.5 Å². The van der Waals surface area contributed by atoms with Crippen LogP contribution in [0.5, 0.6) is 0 Å². The van der Waals surface area contributed by atoms with Crippen molar-refractivity contribution in [2.24, 2.45) is 0 Å². The van der Waals surface area contributed by atoms with Crippen LogP contribution in [0.2, 0.25) is 5.02 Å². The van der Waals surface area contributed by atoms with Crippen molar-refractivity contribution in [3.63, 3.8) is 0 Å². The van der Waals surface area contributed by atoms with Gasteiger partial charge >= 0.3 is 0 Å². The number of hydrogen-bond acceptors (Lipinski definition) is 4. The molecule has 7 heteroatoms. The smallest absolute Gasteiger partial charge is 0.273 e. The number of fused-ring (bicyclic) bond motifs is 1. The van der Waals surface area contributed by atoms with Crippen molar-refractivity contribution in [3.05, 3.63) is 50.6 Å². The number of rotatable bonds is 5. The van der Waals surface area contributed by atoms with Gasteiger partial charge in [0.25, 0.3) is 5.91 Å². The van der Waals surface area contributed by atoms with Crippen molar-refractivity contribution in [2.75, 3.05) is 0 Å². The Morgan fingerprint density at radius 1 is 1.46 bits per heavy atom. The molecule has 0 saturated carbocycles. The lowest BCUT2D eigenvalue weighted by molar-refractivity contribution is 0.0930. The summed E-state index contributed by atoms with van der Waals surface area (Å²) in [5, 5.41) is 9.72. The van der Waals surface area contributed by atoms with E-state index in [1.54, 1.807) is 15.9 Å². The number of halogens is 1. The second-order valence-electron chi connectivity index (χ2n) is 5.77. The third kappa shape index (κ3) is 3.16. The molecule has 1 amide bonds. The van der Waals surface area contributed by atoms with E-state index >= 15 is 0 Å². The molecule has 3 heterocycles. The van der Waals surface area contributed by atoms with Crippen LogP contribution < -0.4 is 5.32 Å². The summed E-state index contributed by atoms with van der Waals surface area (Å²) in [6, 6.07) is 5.90. The van der Waals surface area contributed by atoms with E-state index in [-0.39, 0.29) is 17.6 Å². The molecule has 0 spiro atoms. The fourth-order valence-electron chi connectivity index (χ4n) is 2.73. The Morgan fingerprint density at radius 3 is 2.92 bits per heavy atom. The molecule has 0 aliphatic heterocycles. The van der Waals surface area contributed by atoms with Gasteiger partial charge in [0.15, 0.2) is 11.3 Å². The number of carbonyl (C=O) groups is 1. The standard InChI is InChI=1S/C17H19ClN4OS/c1-4-6-12(13-7-5-8-24-13)20-17(23)15-14(18)16-19-10(2)9-11(3)22(16)21-15/h5,7-9,12H,4,6H2,1-3H3,(H,20,23)/t12-/m1/s1. The van der Waals surface area contributed by atoms with E-state index in [0.717, 1.165) is 29.1 Å². The van der Waals surface area contributed by atoms with Crippen molar-refractivity contribution in [2.45, 2.75) is 39.7 Å². The van der Waals surface area contributed by atoms with E-state index in [0.29, 0.717) is 10.7 Å². The number of nitrogens with one attached hydrogen (secondary N) is 1. The Morgan fingerprint density at radius 2 is 2.25 bits per heavy atom. The van der Waals surface area contributed by atoms with E-state index < -0.39 is 0 Å². The lowest BCUT2D eigenvalue weighted by Gasteiger charge is -2.16. The van der Waals surface area contributed by atoms with Crippen molar-refractivity contribution >= 4 is 34.5 Å². The Balaban J connectivity index is 1.93. The SMILES string of the molecule is CCC[C@@H](NC(=O)c1nn2c(C)cc(C)nc2c1Cl)c1cccs1. The molecule has 0 radical (unpaired) electrons. The van der Waals surface area contributed by atoms with Crippen molar-refractivity contribution in [3.8, 4) is 0 Å². The lowest BCUT2D eigenvalue weighted by Crippen LogP contribution is -2.28. The van der Waals surface area contributed by atoms with Crippen LogP contribution >= 0.6 is 22.9 Å². The molecule has 0 bridgehead atoms. The zero-order chi connectivity index (χ0) is 17.3. The monoisotopic (exact) mass is 362 g/mol. The number of aromatic nitrogens is 3. The molecular weight excluding hydrogens is 344 g/mol. The molecule has 0 unspecified atom stereocenters. The van der Waals surface area contributed by atoms with Crippen LogP contribution in [0.25, 0.3) is 5.65 Å². The molecule has 0 aromatic carbocycles. The molecule has 0 aliphatic carbocycles. The molecule has 3 rings (SSSR count). The Labute approximate surface area is 149 Å². The zero-order valence-corrected chi connectivity index (χ0v) is 15.4. The Bertz CT molecular complexity index is 872. The molecule has 1 N–H and O–H groups in total. The number of thiophene rings is 1. The number of carbonyl (C=O) groups excluding carboxylic acids is 1. The van der Waals surface area contributed by atoms with Crippen molar-refractivity contribution in [1.82, 2.24) is 19.9 Å². The first-order valence-corrected chi connectivity index (χ1v) is 9.13. The second-order valence-corrected chi connectivity index (χ2v) is 7.12. The topological polar surface area (TPSA) is 59.3 Å². The minimum absolute atomic E-state index is 0.0285. The van der Waals surface area contributed by atoms with Gasteiger partial charge in [-0.05, 0) is 37.8 Å². The van der Waals surface area contributed by atoms with E-state index in [9.17, 15) is 4.79 Å². The van der Waals surface area contributed by atoms with Gasteiger partial charge in [-0.1, -0.05) is 31.0 Å². The summed E-state index contributed by atoms with van der Waals surface area (Å²) in [5.74, 6) is -0.269. The molecule has 3 aromatic heterocycles. The molecule has 1 atom stereocenters. The van der Waals surface area contributed by atoms with E-state index in [2.05, 4.69) is 22.3 Å². The van der Waals surface area contributed by atoms with Gasteiger partial charge in [-0.2, -0.15) is 5.10 Å². The van der Waals surface area contributed by atoms with Crippen LogP contribution in [0.15, 0.2) is 23.6 Å². The van der Waals surface area contributed by atoms with Crippen LogP contribution in [0.4, 0.5) is 0 Å². The van der Waals surface area contributed by atoms with Crippen LogP contribution in [0.1, 0.15) is 52.6 Å². The molecule has 0 saturated heterocycles. The molecule has 24 heavy (non-hydrogen) atoms. The number of hydrogen-bond donors (Lipinski definition) is 1. The first-order chi connectivity index (χ1) is 11.5. The first-order valence-electron chi connectivity index (χ1n) is 7.88. The normalized spacial score (nSPS) is 12.5. The zero-order valence-electron chi connectivity index (χ0n) is 13.8. The highest BCUT2D eigenvalue weighted by Gasteiger charge is 2.23. The predicted octanol–water partition coefficient (Wildman–Crippen LogP) is 4.33. The van der Waals surface area contributed by atoms with Gasteiger partial charge in [0.2, 0.25) is 0 Å². The summed E-state index contributed by atoms with van der Waals surface area (Å²) in [7, 11) is 0. The molecule has 126 valence electrons. The number of nitrogens with zero attached hydrogens (tertiary/aromatic N) is 3. The van der Waals surface area contributed by atoms with Crippen molar-refractivity contribution < 1.29 is 4.79 Å². The van der Waals surface area contributed by atoms with E-state index in [1.807, 2.05) is 37.4 Å². The molecule has 3 aromatic rings. The number of amides is 1.